The summed E-state index contributed by atoms with van der Waals surface area (Å²) in [5.74, 6) is 1.57. The molecule has 0 aliphatic heterocycles. The van der Waals surface area contributed by atoms with E-state index < -0.39 is 5.97 Å². The van der Waals surface area contributed by atoms with Crippen molar-refractivity contribution in [3.05, 3.63) is 77.9 Å². The van der Waals surface area contributed by atoms with E-state index in [9.17, 15) is 9.59 Å². The van der Waals surface area contributed by atoms with Crippen molar-refractivity contribution in [1.29, 1.82) is 0 Å². The summed E-state index contributed by atoms with van der Waals surface area (Å²) >= 11 is 0. The van der Waals surface area contributed by atoms with Gasteiger partial charge in [0.25, 0.3) is 0 Å². The summed E-state index contributed by atoms with van der Waals surface area (Å²) in [4.78, 5) is 25.6. The molecule has 3 rings (SSSR count). The first kappa shape index (κ1) is 21.7. The quantitative estimate of drug-likeness (QED) is 0.376. The Morgan fingerprint density at radius 1 is 0.871 bits per heavy atom. The van der Waals surface area contributed by atoms with Crippen LogP contribution in [0.4, 0.5) is 5.69 Å². The predicted octanol–water partition coefficient (Wildman–Crippen LogP) is 4.45. The minimum Gasteiger partial charge on any atom is -0.493 e. The number of carbonyl (C=O) groups is 2. The molecule has 0 fully saturated rings. The average Bonchev–Trinajstić information content (AvgIpc) is 2.82. The molecule has 3 aromatic carbocycles. The van der Waals surface area contributed by atoms with Gasteiger partial charge in [0.2, 0.25) is 6.41 Å². The molecule has 0 atom stereocenters. The summed E-state index contributed by atoms with van der Waals surface area (Å²) < 4.78 is 21.3. The van der Waals surface area contributed by atoms with Crippen molar-refractivity contribution in [2.24, 2.45) is 0 Å². The molecular formula is C24H23NO6. The summed E-state index contributed by atoms with van der Waals surface area (Å²) in [5.41, 5.74) is 1.39. The largest absolute Gasteiger partial charge is 0.493 e. The Bertz CT molecular complexity index is 1030. The number of rotatable bonds is 9. The zero-order valence-electron chi connectivity index (χ0n) is 17.5. The highest BCUT2D eigenvalue weighted by molar-refractivity contribution is 5.99. The average molecular weight is 421 g/mol. The molecule has 0 aromatic heterocycles. The standard InChI is InChI=1S/C24H23NO6/c1-28-22-13-20(24(27)30-3)21(14-23(22)29-2)25(16-26)15-17-9-11-19(12-10-17)31-18-7-5-4-6-8-18/h4-14,16H,15H2,1-3H3. The Morgan fingerprint density at radius 3 is 2.06 bits per heavy atom. The minimum absolute atomic E-state index is 0.191. The second-order valence-corrected chi connectivity index (χ2v) is 6.51. The zero-order valence-corrected chi connectivity index (χ0v) is 17.5. The minimum atomic E-state index is -0.589. The van der Waals surface area contributed by atoms with E-state index in [1.54, 1.807) is 6.07 Å². The van der Waals surface area contributed by atoms with Gasteiger partial charge in [-0.05, 0) is 29.8 Å². The van der Waals surface area contributed by atoms with E-state index in [2.05, 4.69) is 0 Å². The van der Waals surface area contributed by atoms with Crippen molar-refractivity contribution in [1.82, 2.24) is 0 Å². The van der Waals surface area contributed by atoms with Crippen molar-refractivity contribution in [3.8, 4) is 23.0 Å². The highest BCUT2D eigenvalue weighted by Gasteiger charge is 2.21. The predicted molar refractivity (Wildman–Crippen MR) is 116 cm³/mol. The van der Waals surface area contributed by atoms with Gasteiger partial charge >= 0.3 is 5.97 Å². The monoisotopic (exact) mass is 421 g/mol. The molecule has 0 aliphatic carbocycles. The maximum Gasteiger partial charge on any atom is 0.340 e. The van der Waals surface area contributed by atoms with Crippen LogP contribution in [-0.2, 0) is 16.1 Å². The molecule has 0 heterocycles. The number of anilines is 1. The summed E-state index contributed by atoms with van der Waals surface area (Å²) in [6.07, 6.45) is 0.655. The summed E-state index contributed by atoms with van der Waals surface area (Å²) in [5, 5.41) is 0. The van der Waals surface area contributed by atoms with Gasteiger partial charge in [0.05, 0.1) is 39.1 Å². The van der Waals surface area contributed by atoms with E-state index in [4.69, 9.17) is 18.9 Å². The Kier molecular flexibility index (Phi) is 7.11. The maximum atomic E-state index is 12.3. The molecular weight excluding hydrogens is 398 g/mol. The molecule has 7 heteroatoms. The van der Waals surface area contributed by atoms with Gasteiger partial charge in [0, 0.05) is 12.1 Å². The van der Waals surface area contributed by atoms with Gasteiger partial charge in [0.1, 0.15) is 11.5 Å². The first-order valence-electron chi connectivity index (χ1n) is 9.47. The van der Waals surface area contributed by atoms with Crippen LogP contribution in [0.1, 0.15) is 15.9 Å². The highest BCUT2D eigenvalue weighted by atomic mass is 16.5. The Labute approximate surface area is 180 Å². The van der Waals surface area contributed by atoms with Crippen LogP contribution in [0.2, 0.25) is 0 Å². The third-order valence-corrected chi connectivity index (χ3v) is 4.60. The van der Waals surface area contributed by atoms with Crippen molar-refractivity contribution < 1.29 is 28.5 Å². The van der Waals surface area contributed by atoms with Gasteiger partial charge in [-0.1, -0.05) is 30.3 Å². The smallest absolute Gasteiger partial charge is 0.340 e. The fraction of sp³-hybridized carbons (Fsp3) is 0.167. The first-order valence-corrected chi connectivity index (χ1v) is 9.47. The van der Waals surface area contributed by atoms with E-state index in [0.717, 1.165) is 11.3 Å². The molecule has 31 heavy (non-hydrogen) atoms. The van der Waals surface area contributed by atoms with Crippen molar-refractivity contribution in [2.45, 2.75) is 6.54 Å². The molecule has 3 aromatic rings. The Balaban J connectivity index is 1.86. The molecule has 0 unspecified atom stereocenters. The Hall–Kier alpha value is -4.00. The van der Waals surface area contributed by atoms with Crippen LogP contribution in [0, 0.1) is 0 Å². The second kappa shape index (κ2) is 10.2. The topological polar surface area (TPSA) is 74.3 Å². The van der Waals surface area contributed by atoms with Crippen LogP contribution in [-0.4, -0.2) is 33.7 Å². The van der Waals surface area contributed by atoms with Crippen LogP contribution in [0.15, 0.2) is 66.7 Å². The zero-order chi connectivity index (χ0) is 22.2. The number of benzene rings is 3. The third-order valence-electron chi connectivity index (χ3n) is 4.60. The fourth-order valence-corrected chi connectivity index (χ4v) is 3.04. The molecule has 0 aliphatic rings. The van der Waals surface area contributed by atoms with Crippen LogP contribution < -0.4 is 19.1 Å². The lowest BCUT2D eigenvalue weighted by Gasteiger charge is -2.22. The van der Waals surface area contributed by atoms with Gasteiger partial charge in [-0.15, -0.1) is 0 Å². The molecule has 1 amide bonds. The van der Waals surface area contributed by atoms with E-state index in [0.29, 0.717) is 29.3 Å². The summed E-state index contributed by atoms with van der Waals surface area (Å²) in [7, 11) is 4.23. The molecule has 0 N–H and O–H groups in total. The van der Waals surface area contributed by atoms with E-state index in [-0.39, 0.29) is 12.1 Å². The van der Waals surface area contributed by atoms with E-state index >= 15 is 0 Å². The molecule has 0 radical (unpaired) electrons. The molecule has 7 nitrogen and oxygen atoms in total. The fourth-order valence-electron chi connectivity index (χ4n) is 3.04. The second-order valence-electron chi connectivity index (χ2n) is 6.51. The number of nitrogens with zero attached hydrogens (tertiary/aromatic N) is 1. The SMILES string of the molecule is COC(=O)c1cc(OC)c(OC)cc1N(C=O)Cc1ccc(Oc2ccccc2)cc1. The maximum absolute atomic E-state index is 12.3. The van der Waals surface area contributed by atoms with Crippen LogP contribution in [0.5, 0.6) is 23.0 Å². The normalized spacial score (nSPS) is 10.2. The van der Waals surface area contributed by atoms with Crippen molar-refractivity contribution in [2.75, 3.05) is 26.2 Å². The lowest BCUT2D eigenvalue weighted by molar-refractivity contribution is -0.107. The van der Waals surface area contributed by atoms with Crippen molar-refractivity contribution >= 4 is 18.1 Å². The Morgan fingerprint density at radius 2 is 1.48 bits per heavy atom. The summed E-state index contributed by atoms with van der Waals surface area (Å²) in [6, 6.07) is 19.9. The number of amides is 1. The first-order chi connectivity index (χ1) is 15.1. The highest BCUT2D eigenvalue weighted by Crippen LogP contribution is 2.36. The number of esters is 1. The van der Waals surface area contributed by atoms with E-state index in [1.165, 1.54) is 32.3 Å². The van der Waals surface area contributed by atoms with Gasteiger partial charge in [0.15, 0.2) is 11.5 Å². The number of methoxy groups -OCH3 is 3. The number of carbonyl (C=O) groups excluding carboxylic acids is 2. The number of para-hydroxylation sites is 1. The summed E-state index contributed by atoms with van der Waals surface area (Å²) in [6.45, 7) is 0.231. The van der Waals surface area contributed by atoms with Gasteiger partial charge in [-0.3, -0.25) is 4.79 Å². The van der Waals surface area contributed by atoms with Gasteiger partial charge in [-0.2, -0.15) is 0 Å². The van der Waals surface area contributed by atoms with Crippen molar-refractivity contribution in [3.63, 3.8) is 0 Å². The molecule has 0 bridgehead atoms. The lowest BCUT2D eigenvalue weighted by Crippen LogP contribution is -2.23. The van der Waals surface area contributed by atoms with Gasteiger partial charge in [-0.25, -0.2) is 4.79 Å². The van der Waals surface area contributed by atoms with E-state index in [1.807, 2.05) is 54.6 Å². The number of ether oxygens (including phenoxy) is 4. The van der Waals surface area contributed by atoms with Crippen LogP contribution in [0.25, 0.3) is 0 Å². The van der Waals surface area contributed by atoms with Crippen LogP contribution >= 0.6 is 0 Å². The number of hydrogen-bond donors (Lipinski definition) is 0. The third kappa shape index (κ3) is 5.14. The van der Waals surface area contributed by atoms with Crippen LogP contribution in [0.3, 0.4) is 0 Å². The molecule has 0 saturated carbocycles. The van der Waals surface area contributed by atoms with Gasteiger partial charge < -0.3 is 23.8 Å². The molecule has 0 saturated heterocycles. The molecule has 0 spiro atoms. The number of hydrogen-bond acceptors (Lipinski definition) is 6. The molecule has 160 valence electrons. The lowest BCUT2D eigenvalue weighted by atomic mass is 10.1.